The summed E-state index contributed by atoms with van der Waals surface area (Å²) in [5, 5.41) is 2.27. The summed E-state index contributed by atoms with van der Waals surface area (Å²) >= 11 is 4.12. The van der Waals surface area contributed by atoms with Gasteiger partial charge in [-0.2, -0.15) is 0 Å². The maximum Gasteiger partial charge on any atom is 0.343 e. The first-order chi connectivity index (χ1) is 15.7. The number of methoxy groups -OCH3 is 1. The molecule has 2 aromatic carbocycles. The maximum atomic E-state index is 12.8. The molecule has 0 aromatic heterocycles. The Hall–Kier alpha value is -3.11. The Morgan fingerprint density at radius 1 is 1.15 bits per heavy atom. The van der Waals surface area contributed by atoms with Gasteiger partial charge < -0.3 is 14.8 Å². The third kappa shape index (κ3) is 6.02. The number of nitrogens with zero attached hydrogens (tertiary/aromatic N) is 1. The van der Waals surface area contributed by atoms with Crippen molar-refractivity contribution in [3.63, 3.8) is 0 Å². The van der Waals surface area contributed by atoms with E-state index in [0.717, 1.165) is 27.8 Å². The van der Waals surface area contributed by atoms with E-state index < -0.39 is 23.0 Å². The number of nitrogens with one attached hydrogen (secondary N) is 1. The van der Waals surface area contributed by atoms with Gasteiger partial charge in [0.05, 0.1) is 16.5 Å². The van der Waals surface area contributed by atoms with Crippen molar-refractivity contribution in [1.29, 1.82) is 0 Å². The van der Waals surface area contributed by atoms with Crippen molar-refractivity contribution >= 4 is 62.5 Å². The number of carbonyl (C=O) groups excluding carboxylic acids is 4. The van der Waals surface area contributed by atoms with Gasteiger partial charge in [0, 0.05) is 5.69 Å². The number of halogens is 1. The third-order valence-corrected chi connectivity index (χ3v) is 6.27. The van der Waals surface area contributed by atoms with Gasteiger partial charge in [0.2, 0.25) is 5.91 Å². The summed E-state index contributed by atoms with van der Waals surface area (Å²) in [6.07, 6.45) is 1.56. The van der Waals surface area contributed by atoms with E-state index in [1.807, 2.05) is 32.0 Å². The standard InChI is InChI=1S/C23H21BrN2O6S/c1-13-5-4-6-14(2)21(13)25-19(27)11-26-22(29)18(33-23(26)30)10-15-7-8-17(16(24)9-15)32-12-20(28)31-3/h4-10H,11-12H2,1-3H3,(H,25,27)/b18-10+. The number of ether oxygens (including phenoxy) is 2. The Bertz CT molecular complexity index is 1140. The fraction of sp³-hybridized carbons (Fsp3) is 0.217. The van der Waals surface area contributed by atoms with Crippen LogP contribution in [0.2, 0.25) is 0 Å². The molecule has 3 amide bonds. The van der Waals surface area contributed by atoms with Crippen molar-refractivity contribution in [2.24, 2.45) is 0 Å². The van der Waals surface area contributed by atoms with Gasteiger partial charge in [-0.25, -0.2) is 4.79 Å². The van der Waals surface area contributed by atoms with E-state index >= 15 is 0 Å². The molecule has 172 valence electrons. The van der Waals surface area contributed by atoms with Crippen LogP contribution in [0.4, 0.5) is 10.5 Å². The van der Waals surface area contributed by atoms with Crippen LogP contribution in [0.1, 0.15) is 16.7 Å². The molecular formula is C23H21BrN2O6S. The van der Waals surface area contributed by atoms with Gasteiger partial charge in [0.25, 0.3) is 11.1 Å². The second kappa shape index (κ2) is 10.7. The fourth-order valence-electron chi connectivity index (χ4n) is 3.04. The molecule has 0 saturated carbocycles. The molecule has 2 aromatic rings. The fourth-order valence-corrected chi connectivity index (χ4v) is 4.39. The number of imide groups is 1. The molecule has 0 unspecified atom stereocenters. The number of carbonyl (C=O) groups is 4. The molecule has 1 aliphatic heterocycles. The Morgan fingerprint density at radius 3 is 2.48 bits per heavy atom. The number of anilines is 1. The zero-order chi connectivity index (χ0) is 24.1. The minimum atomic E-state index is -0.538. The minimum absolute atomic E-state index is 0.204. The summed E-state index contributed by atoms with van der Waals surface area (Å²) in [5.41, 5.74) is 3.09. The van der Waals surface area contributed by atoms with Gasteiger partial charge in [0.1, 0.15) is 12.3 Å². The van der Waals surface area contributed by atoms with E-state index in [4.69, 9.17) is 4.74 Å². The second-order valence-corrected chi connectivity index (χ2v) is 8.99. The Kier molecular flexibility index (Phi) is 7.93. The van der Waals surface area contributed by atoms with Crippen LogP contribution < -0.4 is 10.1 Å². The maximum absolute atomic E-state index is 12.8. The lowest BCUT2D eigenvalue weighted by molar-refractivity contribution is -0.143. The Labute approximate surface area is 203 Å². The lowest BCUT2D eigenvalue weighted by atomic mass is 10.1. The molecule has 10 heteroatoms. The number of esters is 1. The average Bonchev–Trinajstić information content (AvgIpc) is 3.02. The number of benzene rings is 2. The second-order valence-electron chi connectivity index (χ2n) is 7.14. The highest BCUT2D eigenvalue weighted by molar-refractivity contribution is 9.10. The molecule has 1 fully saturated rings. The van der Waals surface area contributed by atoms with Crippen LogP contribution in [0, 0.1) is 13.8 Å². The Balaban J connectivity index is 1.68. The van der Waals surface area contributed by atoms with E-state index in [-0.39, 0.29) is 18.1 Å². The van der Waals surface area contributed by atoms with Crippen molar-refractivity contribution in [3.8, 4) is 5.75 Å². The first-order valence-electron chi connectivity index (χ1n) is 9.80. The van der Waals surface area contributed by atoms with Crippen molar-refractivity contribution in [3.05, 3.63) is 62.5 Å². The highest BCUT2D eigenvalue weighted by Gasteiger charge is 2.36. The molecule has 1 heterocycles. The van der Waals surface area contributed by atoms with Gasteiger partial charge in [0.15, 0.2) is 6.61 Å². The van der Waals surface area contributed by atoms with E-state index in [0.29, 0.717) is 21.5 Å². The zero-order valence-electron chi connectivity index (χ0n) is 18.1. The van der Waals surface area contributed by atoms with E-state index in [2.05, 4.69) is 26.0 Å². The van der Waals surface area contributed by atoms with Crippen LogP contribution >= 0.6 is 27.7 Å². The third-order valence-electron chi connectivity index (χ3n) is 4.75. The number of hydrogen-bond acceptors (Lipinski definition) is 7. The quantitative estimate of drug-likeness (QED) is 0.419. The van der Waals surface area contributed by atoms with Crippen molar-refractivity contribution in [2.75, 3.05) is 25.6 Å². The average molecular weight is 533 g/mol. The topological polar surface area (TPSA) is 102 Å². The molecule has 0 radical (unpaired) electrons. The van der Waals surface area contributed by atoms with Crippen molar-refractivity contribution in [2.45, 2.75) is 13.8 Å². The molecule has 8 nitrogen and oxygen atoms in total. The zero-order valence-corrected chi connectivity index (χ0v) is 20.5. The van der Waals surface area contributed by atoms with Gasteiger partial charge >= 0.3 is 5.97 Å². The molecular weight excluding hydrogens is 512 g/mol. The van der Waals surface area contributed by atoms with Gasteiger partial charge in [-0.1, -0.05) is 24.3 Å². The van der Waals surface area contributed by atoms with E-state index in [9.17, 15) is 19.2 Å². The summed E-state index contributed by atoms with van der Waals surface area (Å²) < 4.78 is 10.5. The largest absolute Gasteiger partial charge is 0.481 e. The van der Waals surface area contributed by atoms with Crippen molar-refractivity contribution in [1.82, 2.24) is 4.90 Å². The van der Waals surface area contributed by atoms with Gasteiger partial charge in [-0.3, -0.25) is 19.3 Å². The molecule has 0 aliphatic carbocycles. The number of amides is 3. The molecule has 1 saturated heterocycles. The smallest absolute Gasteiger partial charge is 0.343 e. The van der Waals surface area contributed by atoms with E-state index in [1.165, 1.54) is 7.11 Å². The number of aryl methyl sites for hydroxylation is 2. The number of hydrogen-bond donors (Lipinski definition) is 1. The van der Waals surface area contributed by atoms with E-state index in [1.54, 1.807) is 24.3 Å². The highest BCUT2D eigenvalue weighted by Crippen LogP contribution is 2.34. The summed E-state index contributed by atoms with van der Waals surface area (Å²) in [4.78, 5) is 50.0. The molecule has 0 spiro atoms. The van der Waals surface area contributed by atoms with Crippen LogP contribution in [-0.2, 0) is 19.1 Å². The lowest BCUT2D eigenvalue weighted by Crippen LogP contribution is -2.36. The molecule has 1 N–H and O–H groups in total. The summed E-state index contributed by atoms with van der Waals surface area (Å²) in [6.45, 7) is 3.13. The predicted molar refractivity (Wildman–Crippen MR) is 129 cm³/mol. The summed E-state index contributed by atoms with van der Waals surface area (Å²) in [5.74, 6) is -1.08. The normalized spacial score (nSPS) is 14.5. The van der Waals surface area contributed by atoms with Crippen LogP contribution in [0.15, 0.2) is 45.8 Å². The Morgan fingerprint density at radius 2 is 1.85 bits per heavy atom. The van der Waals surface area contributed by atoms with Crippen LogP contribution in [-0.4, -0.2) is 48.2 Å². The number of rotatable bonds is 7. The van der Waals surface area contributed by atoms with Crippen LogP contribution in [0.3, 0.4) is 0 Å². The van der Waals surface area contributed by atoms with Crippen molar-refractivity contribution < 1.29 is 28.7 Å². The summed E-state index contributed by atoms with van der Waals surface area (Å²) in [6, 6.07) is 10.6. The molecule has 1 aliphatic rings. The molecule has 0 bridgehead atoms. The minimum Gasteiger partial charge on any atom is -0.481 e. The van der Waals surface area contributed by atoms with Crippen LogP contribution in [0.5, 0.6) is 5.75 Å². The van der Waals surface area contributed by atoms with Gasteiger partial charge in [-0.05, 0) is 76.4 Å². The highest BCUT2D eigenvalue weighted by atomic mass is 79.9. The molecule has 33 heavy (non-hydrogen) atoms. The summed E-state index contributed by atoms with van der Waals surface area (Å²) in [7, 11) is 1.27. The molecule has 3 rings (SSSR count). The van der Waals surface area contributed by atoms with Gasteiger partial charge in [-0.15, -0.1) is 0 Å². The van der Waals surface area contributed by atoms with Crippen LogP contribution in [0.25, 0.3) is 6.08 Å². The monoisotopic (exact) mass is 532 g/mol. The first kappa shape index (κ1) is 24.5. The molecule has 0 atom stereocenters. The predicted octanol–water partition coefficient (Wildman–Crippen LogP) is 4.29. The lowest BCUT2D eigenvalue weighted by Gasteiger charge is -2.15. The number of thioether (sulfide) groups is 1. The number of para-hydroxylation sites is 1. The first-order valence-corrected chi connectivity index (χ1v) is 11.4. The SMILES string of the molecule is COC(=O)COc1ccc(/C=C2/SC(=O)N(CC(=O)Nc3c(C)cccc3C)C2=O)cc1Br.